The molecule has 0 heterocycles. The van der Waals surface area contributed by atoms with Gasteiger partial charge < -0.3 is 4.90 Å². The molecular formula is C19H42N3+. The SMILES string of the molecule is CCCN=C(N(CCC)CCC)[N+](CCC)(CCC)CCC. The predicted molar refractivity (Wildman–Crippen MR) is 100 cm³/mol. The minimum atomic E-state index is 0.969. The molecule has 0 aromatic heterocycles. The Morgan fingerprint density at radius 1 is 0.682 bits per heavy atom. The van der Waals surface area contributed by atoms with E-state index in [2.05, 4.69) is 46.4 Å². The van der Waals surface area contributed by atoms with Crippen LogP contribution in [0, 0.1) is 0 Å². The van der Waals surface area contributed by atoms with E-state index in [-0.39, 0.29) is 0 Å². The topological polar surface area (TPSA) is 15.6 Å². The van der Waals surface area contributed by atoms with Gasteiger partial charge in [-0.1, -0.05) is 41.5 Å². The summed E-state index contributed by atoms with van der Waals surface area (Å²) in [6.45, 7) is 20.7. The lowest BCUT2D eigenvalue weighted by atomic mass is 10.2. The van der Waals surface area contributed by atoms with Crippen LogP contribution in [-0.4, -0.2) is 54.6 Å². The minimum absolute atomic E-state index is 0.969. The standard InChI is InChI=1S/C19H42N3/c1-7-13-20-19(21(14-8-2)15-9-3)22(16-10-4,17-11-5)18-12-6/h7-18H2,1-6H3/q+1. The van der Waals surface area contributed by atoms with Crippen molar-refractivity contribution in [2.45, 2.75) is 80.1 Å². The summed E-state index contributed by atoms with van der Waals surface area (Å²) in [5, 5.41) is 0. The van der Waals surface area contributed by atoms with Crippen LogP contribution in [0.5, 0.6) is 0 Å². The Labute approximate surface area is 140 Å². The molecule has 0 aliphatic carbocycles. The third-order valence-corrected chi connectivity index (χ3v) is 4.13. The Morgan fingerprint density at radius 2 is 1.14 bits per heavy atom. The first-order chi connectivity index (χ1) is 10.7. The molecule has 0 radical (unpaired) electrons. The van der Waals surface area contributed by atoms with Crippen molar-refractivity contribution in [1.29, 1.82) is 0 Å². The fraction of sp³-hybridized carbons (Fsp3) is 0.947. The summed E-state index contributed by atoms with van der Waals surface area (Å²) < 4.78 is 1.10. The zero-order valence-electron chi connectivity index (χ0n) is 16.3. The first kappa shape index (κ1) is 21.4. The van der Waals surface area contributed by atoms with E-state index in [4.69, 9.17) is 4.99 Å². The lowest BCUT2D eigenvalue weighted by Gasteiger charge is -2.42. The fourth-order valence-electron chi connectivity index (χ4n) is 3.53. The molecule has 0 saturated carbocycles. The maximum Gasteiger partial charge on any atom is 0.300 e. The first-order valence-electron chi connectivity index (χ1n) is 9.81. The highest BCUT2D eigenvalue weighted by atomic mass is 15.5. The van der Waals surface area contributed by atoms with Crippen molar-refractivity contribution in [3.05, 3.63) is 0 Å². The second kappa shape index (κ2) is 12.9. The molecule has 0 atom stereocenters. The number of hydrogen-bond donors (Lipinski definition) is 0. The van der Waals surface area contributed by atoms with Gasteiger partial charge in [-0.05, 0) is 38.5 Å². The van der Waals surface area contributed by atoms with Gasteiger partial charge in [0.25, 0.3) is 5.96 Å². The number of rotatable bonds is 12. The van der Waals surface area contributed by atoms with Crippen molar-refractivity contribution in [1.82, 2.24) is 4.90 Å². The Kier molecular flexibility index (Phi) is 12.6. The number of hydrogen-bond acceptors (Lipinski definition) is 1. The smallest absolute Gasteiger partial charge is 0.300 e. The molecule has 132 valence electrons. The third-order valence-electron chi connectivity index (χ3n) is 4.13. The van der Waals surface area contributed by atoms with E-state index >= 15 is 0 Å². The fourth-order valence-corrected chi connectivity index (χ4v) is 3.53. The molecule has 0 saturated heterocycles. The van der Waals surface area contributed by atoms with Crippen LogP contribution in [0.2, 0.25) is 0 Å². The molecule has 0 amide bonds. The average Bonchev–Trinajstić information content (AvgIpc) is 2.49. The van der Waals surface area contributed by atoms with Crippen LogP contribution < -0.4 is 0 Å². The van der Waals surface area contributed by atoms with E-state index in [9.17, 15) is 0 Å². The maximum atomic E-state index is 5.12. The summed E-state index contributed by atoms with van der Waals surface area (Å²) in [5.41, 5.74) is 0. The number of aliphatic imine (C=N–C) groups is 1. The number of nitrogens with zero attached hydrogens (tertiary/aromatic N) is 3. The minimum Gasteiger partial charge on any atom is -0.311 e. The molecule has 0 aliphatic heterocycles. The van der Waals surface area contributed by atoms with Gasteiger partial charge in [0.1, 0.15) is 0 Å². The average molecular weight is 313 g/mol. The van der Waals surface area contributed by atoms with E-state index in [1.807, 2.05) is 0 Å². The second-order valence-electron chi connectivity index (χ2n) is 6.48. The van der Waals surface area contributed by atoms with E-state index in [1.165, 1.54) is 57.7 Å². The number of guanidine groups is 1. The van der Waals surface area contributed by atoms with Crippen LogP contribution in [0.15, 0.2) is 4.99 Å². The van der Waals surface area contributed by atoms with Gasteiger partial charge in [-0.2, -0.15) is 0 Å². The Hall–Kier alpha value is -0.570. The van der Waals surface area contributed by atoms with Crippen LogP contribution >= 0.6 is 0 Å². The summed E-state index contributed by atoms with van der Waals surface area (Å²) in [6, 6.07) is 0. The highest BCUT2D eigenvalue weighted by molar-refractivity contribution is 5.73. The molecular weight excluding hydrogens is 270 g/mol. The van der Waals surface area contributed by atoms with Crippen molar-refractivity contribution in [2.75, 3.05) is 39.3 Å². The molecule has 0 bridgehead atoms. The first-order valence-corrected chi connectivity index (χ1v) is 9.81. The maximum absolute atomic E-state index is 5.12. The summed E-state index contributed by atoms with van der Waals surface area (Å²) in [4.78, 5) is 7.72. The Morgan fingerprint density at radius 3 is 1.45 bits per heavy atom. The molecule has 0 fully saturated rings. The van der Waals surface area contributed by atoms with Crippen molar-refractivity contribution < 1.29 is 4.48 Å². The van der Waals surface area contributed by atoms with Gasteiger partial charge in [-0.3, -0.25) is 4.48 Å². The Balaban J connectivity index is 5.68. The van der Waals surface area contributed by atoms with Crippen LogP contribution in [0.4, 0.5) is 0 Å². The molecule has 0 rings (SSSR count). The van der Waals surface area contributed by atoms with Gasteiger partial charge in [0, 0.05) is 19.6 Å². The van der Waals surface area contributed by atoms with Crippen LogP contribution in [0.25, 0.3) is 0 Å². The molecule has 3 nitrogen and oxygen atoms in total. The molecule has 0 spiro atoms. The highest BCUT2D eigenvalue weighted by Gasteiger charge is 2.35. The molecule has 22 heavy (non-hydrogen) atoms. The third kappa shape index (κ3) is 6.68. The lowest BCUT2D eigenvalue weighted by molar-refractivity contribution is -0.847. The molecule has 0 aliphatic rings. The van der Waals surface area contributed by atoms with Crippen molar-refractivity contribution in [3.8, 4) is 0 Å². The molecule has 0 N–H and O–H groups in total. The Bertz CT molecular complexity index is 263. The van der Waals surface area contributed by atoms with Crippen LogP contribution in [0.3, 0.4) is 0 Å². The van der Waals surface area contributed by atoms with E-state index < -0.39 is 0 Å². The van der Waals surface area contributed by atoms with Gasteiger partial charge in [-0.15, -0.1) is 0 Å². The summed E-state index contributed by atoms with van der Waals surface area (Å²) in [7, 11) is 0. The largest absolute Gasteiger partial charge is 0.311 e. The quantitative estimate of drug-likeness (QED) is 0.284. The monoisotopic (exact) mass is 312 g/mol. The van der Waals surface area contributed by atoms with Crippen molar-refractivity contribution in [2.24, 2.45) is 4.99 Å². The van der Waals surface area contributed by atoms with Gasteiger partial charge in [0.15, 0.2) is 0 Å². The van der Waals surface area contributed by atoms with E-state index in [0.29, 0.717) is 0 Å². The van der Waals surface area contributed by atoms with Gasteiger partial charge in [0.05, 0.1) is 19.6 Å². The molecule has 0 aromatic carbocycles. The molecule has 3 heteroatoms. The van der Waals surface area contributed by atoms with Crippen molar-refractivity contribution >= 4 is 5.96 Å². The van der Waals surface area contributed by atoms with Crippen LogP contribution in [0.1, 0.15) is 80.1 Å². The second-order valence-corrected chi connectivity index (χ2v) is 6.48. The highest BCUT2D eigenvalue weighted by Crippen LogP contribution is 2.18. The van der Waals surface area contributed by atoms with E-state index in [1.54, 1.807) is 0 Å². The van der Waals surface area contributed by atoms with Gasteiger partial charge in [-0.25, -0.2) is 4.99 Å². The number of quaternary nitrogens is 1. The predicted octanol–water partition coefficient (Wildman–Crippen LogP) is 4.92. The summed E-state index contributed by atoms with van der Waals surface area (Å²) >= 11 is 0. The zero-order chi connectivity index (χ0) is 16.8. The lowest BCUT2D eigenvalue weighted by Crippen LogP contribution is -2.60. The summed E-state index contributed by atoms with van der Waals surface area (Å²) in [5.74, 6) is 1.39. The van der Waals surface area contributed by atoms with E-state index in [0.717, 1.165) is 30.5 Å². The van der Waals surface area contributed by atoms with Gasteiger partial charge in [0.2, 0.25) is 0 Å². The van der Waals surface area contributed by atoms with Gasteiger partial charge >= 0.3 is 0 Å². The van der Waals surface area contributed by atoms with Crippen LogP contribution in [-0.2, 0) is 0 Å². The van der Waals surface area contributed by atoms with Crippen molar-refractivity contribution in [3.63, 3.8) is 0 Å². The summed E-state index contributed by atoms with van der Waals surface area (Å²) in [6.07, 6.45) is 7.25. The molecule has 0 aromatic rings. The zero-order valence-corrected chi connectivity index (χ0v) is 16.3. The normalized spacial score (nSPS) is 12.7. The molecule has 0 unspecified atom stereocenters.